The second-order valence-corrected chi connectivity index (χ2v) is 8.30. The number of hydrogen-bond acceptors (Lipinski definition) is 5. The van der Waals surface area contributed by atoms with Crippen LogP contribution in [0.4, 0.5) is 10.2 Å². The van der Waals surface area contributed by atoms with E-state index in [0.717, 1.165) is 18.7 Å². The molecular weight excluding hydrogens is 385 g/mol. The van der Waals surface area contributed by atoms with Crippen LogP contribution in [0.15, 0.2) is 48.8 Å². The Balaban J connectivity index is 1.23. The molecule has 0 bridgehead atoms. The van der Waals surface area contributed by atoms with Crippen LogP contribution in [0.3, 0.4) is 0 Å². The quantitative estimate of drug-likeness (QED) is 0.654. The van der Waals surface area contributed by atoms with Crippen LogP contribution < -0.4 is 4.90 Å². The van der Waals surface area contributed by atoms with Gasteiger partial charge in [-0.15, -0.1) is 0 Å². The Morgan fingerprint density at radius 3 is 2.70 bits per heavy atom. The fourth-order valence-corrected chi connectivity index (χ4v) is 5.24. The largest absolute Gasteiger partial charge is 0.356 e. The van der Waals surface area contributed by atoms with Crippen LogP contribution in [0, 0.1) is 5.82 Å². The molecule has 0 saturated carbocycles. The molecule has 0 N–H and O–H groups in total. The van der Waals surface area contributed by atoms with Crippen molar-refractivity contribution < 1.29 is 13.9 Å². The van der Waals surface area contributed by atoms with Gasteiger partial charge in [-0.3, -0.25) is 4.79 Å². The van der Waals surface area contributed by atoms with Crippen LogP contribution in [0.2, 0.25) is 0 Å². The maximum absolute atomic E-state index is 13.9. The van der Waals surface area contributed by atoms with Crippen LogP contribution in [-0.2, 0) is 9.53 Å². The minimum Gasteiger partial charge on any atom is -0.356 e. The first kappa shape index (κ1) is 17.8. The second kappa shape index (κ2) is 6.50. The van der Waals surface area contributed by atoms with Gasteiger partial charge in [-0.2, -0.15) is 9.61 Å². The molecule has 154 valence electrons. The molecule has 1 amide bonds. The summed E-state index contributed by atoms with van der Waals surface area (Å²) in [6, 6.07) is 12.1. The molecule has 3 aliphatic rings. The van der Waals surface area contributed by atoms with Crippen LogP contribution in [-0.4, -0.2) is 50.3 Å². The first-order valence-corrected chi connectivity index (χ1v) is 10.4. The van der Waals surface area contributed by atoms with E-state index in [1.165, 1.54) is 16.3 Å². The van der Waals surface area contributed by atoms with Crippen LogP contribution in [0.1, 0.15) is 37.3 Å². The van der Waals surface area contributed by atoms with E-state index in [0.29, 0.717) is 25.9 Å². The highest BCUT2D eigenvalue weighted by atomic mass is 19.1. The molecule has 8 heteroatoms. The molecule has 3 aromatic rings. The van der Waals surface area contributed by atoms with E-state index < -0.39 is 11.4 Å². The number of fused-ring (bicyclic) bond motifs is 2. The standard InChI is InChI=1S/C22H22FN5O2/c23-16-14-25-28-18(8-11-24-20(16)28)26-12-9-22(10-13-26)21(29)27-17(6-7-19(27)30-22)15-4-2-1-3-5-15/h1-5,8,11,14,17,19H,6-7,9-10,12-13H2/t17-,19+/m0/s1. The molecule has 0 radical (unpaired) electrons. The third-order valence-corrected chi connectivity index (χ3v) is 6.74. The molecule has 0 unspecified atom stereocenters. The van der Waals surface area contributed by atoms with E-state index in [4.69, 9.17) is 4.74 Å². The monoisotopic (exact) mass is 407 g/mol. The Kier molecular flexibility index (Phi) is 3.86. The Bertz CT molecular complexity index is 1110. The summed E-state index contributed by atoms with van der Waals surface area (Å²) in [4.78, 5) is 21.7. The number of amides is 1. The summed E-state index contributed by atoms with van der Waals surface area (Å²) in [7, 11) is 0. The fourth-order valence-electron chi connectivity index (χ4n) is 5.24. The van der Waals surface area contributed by atoms with Crippen LogP contribution in [0.5, 0.6) is 0 Å². The topological polar surface area (TPSA) is 63.0 Å². The van der Waals surface area contributed by atoms with Gasteiger partial charge in [0.15, 0.2) is 17.1 Å². The molecule has 1 spiro atoms. The van der Waals surface area contributed by atoms with Crippen molar-refractivity contribution in [2.45, 2.75) is 43.6 Å². The Hall–Kier alpha value is -3.00. The summed E-state index contributed by atoms with van der Waals surface area (Å²) in [5, 5.41) is 4.12. The summed E-state index contributed by atoms with van der Waals surface area (Å²) in [6.45, 7) is 1.28. The number of aromatic nitrogens is 3. The molecule has 3 aliphatic heterocycles. The van der Waals surface area contributed by atoms with E-state index in [1.54, 1.807) is 6.20 Å². The van der Waals surface area contributed by atoms with Gasteiger partial charge in [0.25, 0.3) is 5.91 Å². The third-order valence-electron chi connectivity index (χ3n) is 6.74. The zero-order valence-electron chi connectivity index (χ0n) is 16.4. The van der Waals surface area contributed by atoms with Gasteiger partial charge in [0.05, 0.1) is 12.2 Å². The van der Waals surface area contributed by atoms with Crippen molar-refractivity contribution in [3.63, 3.8) is 0 Å². The van der Waals surface area contributed by atoms with Crippen molar-refractivity contribution >= 4 is 17.4 Å². The van der Waals surface area contributed by atoms with E-state index in [9.17, 15) is 9.18 Å². The number of ether oxygens (including phenoxy) is 1. The van der Waals surface area contributed by atoms with Crippen LogP contribution >= 0.6 is 0 Å². The molecule has 0 aliphatic carbocycles. The number of rotatable bonds is 2. The second-order valence-electron chi connectivity index (χ2n) is 8.30. The fraction of sp³-hybridized carbons (Fsp3) is 0.409. The lowest BCUT2D eigenvalue weighted by atomic mass is 9.89. The molecule has 2 atom stereocenters. The molecule has 3 fully saturated rings. The predicted octanol–water partition coefficient (Wildman–Crippen LogP) is 2.93. The van der Waals surface area contributed by atoms with E-state index in [2.05, 4.69) is 27.1 Å². The highest BCUT2D eigenvalue weighted by molar-refractivity contribution is 5.88. The van der Waals surface area contributed by atoms with Gasteiger partial charge in [0.2, 0.25) is 0 Å². The summed E-state index contributed by atoms with van der Waals surface area (Å²) in [5.74, 6) is 0.461. The van der Waals surface area contributed by atoms with Gasteiger partial charge in [-0.05, 0) is 24.5 Å². The Morgan fingerprint density at radius 1 is 1.10 bits per heavy atom. The normalized spacial score (nSPS) is 25.4. The Morgan fingerprint density at radius 2 is 1.90 bits per heavy atom. The average molecular weight is 407 g/mol. The summed E-state index contributed by atoms with van der Waals surface area (Å²) in [6.07, 6.45) is 5.65. The highest BCUT2D eigenvalue weighted by Crippen LogP contribution is 2.47. The summed E-state index contributed by atoms with van der Waals surface area (Å²) >= 11 is 0. The predicted molar refractivity (Wildman–Crippen MR) is 107 cm³/mol. The number of halogens is 1. The summed E-state index contributed by atoms with van der Waals surface area (Å²) in [5.41, 5.74) is 0.634. The molecule has 30 heavy (non-hydrogen) atoms. The number of nitrogens with zero attached hydrogens (tertiary/aromatic N) is 5. The number of carbonyl (C=O) groups is 1. The number of hydrogen-bond donors (Lipinski definition) is 0. The van der Waals surface area contributed by atoms with Crippen molar-refractivity contribution in [2.24, 2.45) is 0 Å². The smallest absolute Gasteiger partial charge is 0.257 e. The first-order chi connectivity index (χ1) is 14.7. The van der Waals surface area contributed by atoms with Crippen molar-refractivity contribution in [3.8, 4) is 0 Å². The zero-order valence-corrected chi connectivity index (χ0v) is 16.4. The Labute approximate surface area is 173 Å². The van der Waals surface area contributed by atoms with E-state index in [-0.39, 0.29) is 23.8 Å². The first-order valence-electron chi connectivity index (χ1n) is 10.4. The maximum atomic E-state index is 13.9. The molecule has 3 saturated heterocycles. The molecule has 7 nitrogen and oxygen atoms in total. The van der Waals surface area contributed by atoms with Gasteiger partial charge in [0, 0.05) is 32.1 Å². The third kappa shape index (κ3) is 2.49. The highest BCUT2D eigenvalue weighted by Gasteiger charge is 2.58. The lowest BCUT2D eigenvalue weighted by Gasteiger charge is -2.38. The lowest BCUT2D eigenvalue weighted by molar-refractivity contribution is -0.140. The van der Waals surface area contributed by atoms with Crippen molar-refractivity contribution in [3.05, 3.63) is 60.2 Å². The number of anilines is 1. The maximum Gasteiger partial charge on any atom is 0.257 e. The molecule has 5 heterocycles. The number of benzene rings is 1. The minimum absolute atomic E-state index is 0.0907. The molecule has 1 aromatic carbocycles. The van der Waals surface area contributed by atoms with Crippen molar-refractivity contribution in [1.82, 2.24) is 19.5 Å². The SMILES string of the molecule is O=C1N2[C@@H](CC[C@H]2c2ccccc2)OC12CCN(c1ccnc3c(F)cnn13)CC2. The van der Waals surface area contributed by atoms with Gasteiger partial charge in [-0.25, -0.2) is 9.37 Å². The van der Waals surface area contributed by atoms with E-state index >= 15 is 0 Å². The number of piperidine rings is 1. The van der Waals surface area contributed by atoms with Gasteiger partial charge in [0.1, 0.15) is 12.0 Å². The molecule has 2 aromatic heterocycles. The average Bonchev–Trinajstić information content (AvgIpc) is 3.44. The minimum atomic E-state index is -0.754. The zero-order chi connectivity index (χ0) is 20.3. The van der Waals surface area contributed by atoms with Gasteiger partial charge in [-0.1, -0.05) is 30.3 Å². The van der Waals surface area contributed by atoms with Gasteiger partial charge < -0.3 is 14.5 Å². The molecule has 6 rings (SSSR count). The lowest BCUT2D eigenvalue weighted by Crippen LogP contribution is -2.50. The van der Waals surface area contributed by atoms with Gasteiger partial charge >= 0.3 is 0 Å². The van der Waals surface area contributed by atoms with Crippen LogP contribution in [0.25, 0.3) is 5.65 Å². The van der Waals surface area contributed by atoms with E-state index in [1.807, 2.05) is 29.2 Å². The number of carbonyl (C=O) groups excluding carboxylic acids is 1. The van der Waals surface area contributed by atoms with Crippen molar-refractivity contribution in [1.29, 1.82) is 0 Å². The van der Waals surface area contributed by atoms with Crippen molar-refractivity contribution in [2.75, 3.05) is 18.0 Å². The molecular formula is C22H22FN5O2. The summed E-state index contributed by atoms with van der Waals surface area (Å²) < 4.78 is 21.8.